The zero-order valence-corrected chi connectivity index (χ0v) is 15.4. The molecule has 0 bridgehead atoms. The number of fused-ring (bicyclic) bond motifs is 1. The van der Waals surface area contributed by atoms with Crippen molar-refractivity contribution < 1.29 is 23.8 Å². The molecule has 0 saturated carbocycles. The van der Waals surface area contributed by atoms with Gasteiger partial charge in [0.15, 0.2) is 5.76 Å². The van der Waals surface area contributed by atoms with Crippen molar-refractivity contribution >= 4 is 22.8 Å². The Morgan fingerprint density at radius 2 is 2.11 bits per heavy atom. The Morgan fingerprint density at radius 1 is 1.29 bits per heavy atom. The third-order valence-electron chi connectivity index (χ3n) is 5.24. The first-order valence-corrected chi connectivity index (χ1v) is 8.99. The molecular formula is C21H20N2O5. The normalized spacial score (nSPS) is 19.2. The third kappa shape index (κ3) is 3.03. The zero-order valence-electron chi connectivity index (χ0n) is 15.4. The van der Waals surface area contributed by atoms with Crippen molar-refractivity contribution in [3.63, 3.8) is 0 Å². The van der Waals surface area contributed by atoms with E-state index in [1.165, 1.54) is 7.11 Å². The number of benzene rings is 1. The number of aliphatic carboxylic acids is 1. The van der Waals surface area contributed by atoms with Crippen molar-refractivity contribution in [3.05, 3.63) is 54.3 Å². The number of ether oxygens (including phenoxy) is 1. The minimum atomic E-state index is -1.07. The lowest BCUT2D eigenvalue weighted by Crippen LogP contribution is -2.40. The molecule has 1 saturated heterocycles. The SMILES string of the molecule is COCC1(C(=O)O)CCN(C(=O)c2cc(-c3ccco3)nc3ccccc23)C1. The predicted molar refractivity (Wildman–Crippen MR) is 102 cm³/mol. The fraction of sp³-hybridized carbons (Fsp3) is 0.286. The van der Waals surface area contributed by atoms with Gasteiger partial charge in [-0.25, -0.2) is 4.98 Å². The van der Waals surface area contributed by atoms with Crippen LogP contribution in [-0.2, 0) is 9.53 Å². The average molecular weight is 380 g/mol. The topological polar surface area (TPSA) is 92.9 Å². The summed E-state index contributed by atoms with van der Waals surface area (Å²) in [4.78, 5) is 31.3. The maximum absolute atomic E-state index is 13.3. The first-order valence-electron chi connectivity index (χ1n) is 8.99. The van der Waals surface area contributed by atoms with Crippen LogP contribution in [0.25, 0.3) is 22.4 Å². The first-order chi connectivity index (χ1) is 13.5. The second-order valence-corrected chi connectivity index (χ2v) is 7.04. The van der Waals surface area contributed by atoms with E-state index >= 15 is 0 Å². The molecule has 28 heavy (non-hydrogen) atoms. The molecule has 4 rings (SSSR count). The highest BCUT2D eigenvalue weighted by Crippen LogP contribution is 2.34. The van der Waals surface area contributed by atoms with E-state index in [9.17, 15) is 14.7 Å². The van der Waals surface area contributed by atoms with Gasteiger partial charge in [-0.05, 0) is 30.7 Å². The maximum Gasteiger partial charge on any atom is 0.313 e. The summed E-state index contributed by atoms with van der Waals surface area (Å²) in [5.74, 6) is -0.591. The van der Waals surface area contributed by atoms with Crippen LogP contribution in [0.4, 0.5) is 0 Å². The zero-order chi connectivity index (χ0) is 19.7. The van der Waals surface area contributed by atoms with E-state index in [0.29, 0.717) is 35.5 Å². The molecule has 1 atom stereocenters. The van der Waals surface area contributed by atoms with Crippen molar-refractivity contribution in [3.8, 4) is 11.5 Å². The van der Waals surface area contributed by atoms with Gasteiger partial charge in [-0.1, -0.05) is 18.2 Å². The van der Waals surface area contributed by atoms with E-state index in [1.54, 1.807) is 29.4 Å². The minimum Gasteiger partial charge on any atom is -0.481 e. The smallest absolute Gasteiger partial charge is 0.313 e. The summed E-state index contributed by atoms with van der Waals surface area (Å²) in [5.41, 5.74) is 0.653. The highest BCUT2D eigenvalue weighted by molar-refractivity contribution is 6.07. The lowest BCUT2D eigenvalue weighted by molar-refractivity contribution is -0.151. The number of carbonyl (C=O) groups excluding carboxylic acids is 1. The highest BCUT2D eigenvalue weighted by Gasteiger charge is 2.46. The fourth-order valence-corrected chi connectivity index (χ4v) is 3.75. The molecule has 1 N–H and O–H groups in total. The van der Waals surface area contributed by atoms with Crippen LogP contribution in [0.15, 0.2) is 53.1 Å². The number of pyridine rings is 1. The molecule has 2 aromatic heterocycles. The van der Waals surface area contributed by atoms with Gasteiger partial charge in [-0.2, -0.15) is 0 Å². The summed E-state index contributed by atoms with van der Waals surface area (Å²) in [7, 11) is 1.47. The van der Waals surface area contributed by atoms with Gasteiger partial charge in [-0.15, -0.1) is 0 Å². The van der Waals surface area contributed by atoms with E-state index in [0.717, 1.165) is 5.39 Å². The Balaban J connectivity index is 1.74. The van der Waals surface area contributed by atoms with Gasteiger partial charge < -0.3 is 19.2 Å². The van der Waals surface area contributed by atoms with E-state index in [1.807, 2.05) is 24.3 Å². The number of para-hydroxylation sites is 1. The fourth-order valence-electron chi connectivity index (χ4n) is 3.75. The van der Waals surface area contributed by atoms with Crippen molar-refractivity contribution in [1.29, 1.82) is 0 Å². The lowest BCUT2D eigenvalue weighted by atomic mass is 9.88. The Kier molecular flexibility index (Phi) is 4.60. The van der Waals surface area contributed by atoms with Gasteiger partial charge in [0.25, 0.3) is 5.91 Å². The number of carbonyl (C=O) groups is 2. The van der Waals surface area contributed by atoms with Crippen molar-refractivity contribution in [1.82, 2.24) is 9.88 Å². The number of hydrogen-bond acceptors (Lipinski definition) is 5. The number of carboxylic acid groups (broad SMARTS) is 1. The third-order valence-corrected chi connectivity index (χ3v) is 5.24. The number of furan rings is 1. The van der Waals surface area contributed by atoms with Gasteiger partial charge in [0.1, 0.15) is 11.1 Å². The summed E-state index contributed by atoms with van der Waals surface area (Å²) in [6.45, 7) is 0.545. The molecule has 1 unspecified atom stereocenters. The number of aromatic nitrogens is 1. The largest absolute Gasteiger partial charge is 0.481 e. The van der Waals surface area contributed by atoms with Crippen molar-refractivity contribution in [2.45, 2.75) is 6.42 Å². The molecular weight excluding hydrogens is 360 g/mol. The molecule has 0 spiro atoms. The van der Waals surface area contributed by atoms with Crippen LogP contribution in [0.3, 0.4) is 0 Å². The molecule has 0 radical (unpaired) electrons. The maximum atomic E-state index is 13.3. The molecule has 1 aliphatic heterocycles. The minimum absolute atomic E-state index is 0.0703. The summed E-state index contributed by atoms with van der Waals surface area (Å²) >= 11 is 0. The number of amides is 1. The van der Waals surface area contributed by atoms with Gasteiger partial charge in [0.2, 0.25) is 0 Å². The molecule has 1 amide bonds. The summed E-state index contributed by atoms with van der Waals surface area (Å²) in [6.07, 6.45) is 1.91. The van der Waals surface area contributed by atoms with Gasteiger partial charge in [-0.3, -0.25) is 9.59 Å². The van der Waals surface area contributed by atoms with E-state index in [4.69, 9.17) is 9.15 Å². The number of rotatable bonds is 5. The molecule has 1 fully saturated rings. The summed E-state index contributed by atoms with van der Waals surface area (Å²) in [6, 6.07) is 12.7. The predicted octanol–water partition coefficient (Wildman–Crippen LogP) is 3.06. The Morgan fingerprint density at radius 3 is 2.82 bits per heavy atom. The van der Waals surface area contributed by atoms with Gasteiger partial charge >= 0.3 is 5.97 Å². The van der Waals surface area contributed by atoms with Crippen molar-refractivity contribution in [2.75, 3.05) is 26.8 Å². The number of methoxy groups -OCH3 is 1. The number of carboxylic acids is 1. The first kappa shape index (κ1) is 18.2. The molecule has 1 aromatic carbocycles. The number of hydrogen-bond donors (Lipinski definition) is 1. The molecule has 7 nitrogen and oxygen atoms in total. The van der Waals surface area contributed by atoms with E-state index in [2.05, 4.69) is 4.98 Å². The van der Waals surface area contributed by atoms with Crippen LogP contribution in [0, 0.1) is 5.41 Å². The molecule has 144 valence electrons. The monoisotopic (exact) mass is 380 g/mol. The van der Waals surface area contributed by atoms with Crippen LogP contribution in [-0.4, -0.2) is 53.7 Å². The Bertz CT molecular complexity index is 1030. The average Bonchev–Trinajstić information content (AvgIpc) is 3.38. The molecule has 1 aliphatic rings. The van der Waals surface area contributed by atoms with Crippen molar-refractivity contribution in [2.24, 2.45) is 5.41 Å². The van der Waals surface area contributed by atoms with Crippen LogP contribution in [0.1, 0.15) is 16.8 Å². The standard InChI is InChI=1S/C21H20N2O5/c1-27-13-21(20(25)26)8-9-23(12-21)19(24)15-11-17(18-7-4-10-28-18)22-16-6-3-2-5-14(15)16/h2-7,10-11H,8-9,12-13H2,1H3,(H,25,26). The van der Waals surface area contributed by atoms with Gasteiger partial charge in [0, 0.05) is 25.6 Å². The quantitative estimate of drug-likeness (QED) is 0.731. The lowest BCUT2D eigenvalue weighted by Gasteiger charge is -2.24. The number of likely N-dealkylation sites (tertiary alicyclic amines) is 1. The Hall–Kier alpha value is -3.19. The number of nitrogens with zero attached hydrogens (tertiary/aromatic N) is 2. The van der Waals surface area contributed by atoms with Crippen LogP contribution in [0.5, 0.6) is 0 Å². The van der Waals surface area contributed by atoms with E-state index in [-0.39, 0.29) is 19.1 Å². The Labute approximate surface area is 161 Å². The molecule has 0 aliphatic carbocycles. The van der Waals surface area contributed by atoms with Crippen LogP contribution in [0.2, 0.25) is 0 Å². The second kappa shape index (κ2) is 7.09. The molecule has 7 heteroatoms. The van der Waals surface area contributed by atoms with Crippen LogP contribution < -0.4 is 0 Å². The highest BCUT2D eigenvalue weighted by atomic mass is 16.5. The summed E-state index contributed by atoms with van der Waals surface area (Å²) < 4.78 is 10.6. The second-order valence-electron chi connectivity index (χ2n) is 7.04. The molecule has 3 heterocycles. The summed E-state index contributed by atoms with van der Waals surface area (Å²) in [5, 5.41) is 10.4. The van der Waals surface area contributed by atoms with Crippen LogP contribution >= 0.6 is 0 Å². The molecule has 3 aromatic rings. The van der Waals surface area contributed by atoms with E-state index < -0.39 is 11.4 Å². The van der Waals surface area contributed by atoms with Gasteiger partial charge in [0.05, 0.1) is 24.0 Å².